The maximum absolute atomic E-state index is 11.1. The molecule has 0 aliphatic heterocycles. The molecule has 1 amide bonds. The van der Waals surface area contributed by atoms with Crippen molar-refractivity contribution in [1.29, 1.82) is 5.26 Å². The molecule has 0 saturated carbocycles. The van der Waals surface area contributed by atoms with Crippen LogP contribution >= 0.6 is 23.1 Å². The molecule has 8 nitrogen and oxygen atoms in total. The molecular formula is C12H12AsN3O5S2. The molecule has 0 unspecified atom stereocenters. The molecule has 1 aromatic heterocycles. The van der Waals surface area contributed by atoms with Gasteiger partial charge in [0.05, 0.1) is 15.9 Å². The van der Waals surface area contributed by atoms with Crippen LogP contribution in [0.4, 0.5) is 5.69 Å². The Balaban J connectivity index is 0.000000277. The number of hydrogen-bond acceptors (Lipinski definition) is 7. The van der Waals surface area contributed by atoms with Gasteiger partial charge in [-0.3, -0.25) is 4.98 Å². The number of thiazole rings is 1. The number of thioether (sulfide) groups is 1. The number of thiocyanates is 1. The number of nitriles is 1. The van der Waals surface area contributed by atoms with Crippen molar-refractivity contribution >= 4 is 53.2 Å². The van der Waals surface area contributed by atoms with Crippen LogP contribution in [0.25, 0.3) is 0 Å². The number of carbonyl (C=O) groups is 1. The van der Waals surface area contributed by atoms with Crippen LogP contribution in [-0.4, -0.2) is 38.4 Å². The van der Waals surface area contributed by atoms with E-state index in [-0.39, 0.29) is 15.8 Å². The van der Waals surface area contributed by atoms with Crippen molar-refractivity contribution < 1.29 is 21.8 Å². The number of para-hydroxylation sites is 1. The number of anilines is 1. The van der Waals surface area contributed by atoms with E-state index in [2.05, 4.69) is 10.3 Å². The number of aromatic hydroxyl groups is 1. The summed E-state index contributed by atoms with van der Waals surface area (Å²) in [5.41, 5.74) is 1.48. The molecule has 0 saturated heterocycles. The second-order valence-electron chi connectivity index (χ2n) is 3.91. The average Bonchev–Trinajstić information content (AvgIpc) is 2.93. The Morgan fingerprint density at radius 2 is 2.17 bits per heavy atom. The van der Waals surface area contributed by atoms with Gasteiger partial charge in [0.1, 0.15) is 5.40 Å². The van der Waals surface area contributed by atoms with Crippen molar-refractivity contribution in [2.75, 3.05) is 5.32 Å². The van der Waals surface area contributed by atoms with Gasteiger partial charge in [-0.2, -0.15) is 5.26 Å². The van der Waals surface area contributed by atoms with E-state index in [9.17, 15) is 13.6 Å². The molecule has 2 aromatic rings. The Bertz CT molecular complexity index is 755. The Morgan fingerprint density at radius 3 is 2.65 bits per heavy atom. The first kappa shape index (κ1) is 19.3. The summed E-state index contributed by atoms with van der Waals surface area (Å²) in [5, 5.41) is 21.6. The molecule has 0 aliphatic carbocycles. The van der Waals surface area contributed by atoms with Crippen LogP contribution in [0.15, 0.2) is 34.1 Å². The van der Waals surface area contributed by atoms with Crippen LogP contribution in [0.5, 0.6) is 5.75 Å². The number of amides is 1. The second-order valence-corrected chi connectivity index (χ2v) is 9.18. The normalized spacial score (nSPS) is 10.2. The van der Waals surface area contributed by atoms with E-state index in [1.54, 1.807) is 11.7 Å². The molecule has 0 fully saturated rings. The SMILES string of the molecule is CC(=O)Nc1c(O)cccc1[As](=O)(O)O.N#CSc1cncs1. The molecule has 0 atom stereocenters. The third-order valence-corrected chi connectivity index (χ3v) is 5.79. The van der Waals surface area contributed by atoms with Crippen LogP contribution in [0.3, 0.4) is 0 Å². The van der Waals surface area contributed by atoms with Crippen molar-refractivity contribution in [3.05, 3.63) is 29.9 Å². The van der Waals surface area contributed by atoms with Gasteiger partial charge in [-0.1, -0.05) is 0 Å². The molecular weight excluding hydrogens is 405 g/mol. The number of aromatic nitrogens is 1. The van der Waals surface area contributed by atoms with Crippen LogP contribution in [0, 0.1) is 10.7 Å². The maximum atomic E-state index is 11.1. The molecule has 11 heteroatoms. The predicted octanol–water partition coefficient (Wildman–Crippen LogP) is 0.628. The molecule has 1 aromatic carbocycles. The third kappa shape index (κ3) is 6.48. The smallest absolute Gasteiger partial charge is 0.139 e. The minimum atomic E-state index is -5.14. The van der Waals surface area contributed by atoms with Gasteiger partial charge in [-0.15, -0.1) is 11.3 Å². The number of nitrogens with zero attached hydrogens (tertiary/aromatic N) is 2. The fourth-order valence-corrected chi connectivity index (χ4v) is 3.92. The first-order valence-corrected chi connectivity index (χ1v) is 10.9. The summed E-state index contributed by atoms with van der Waals surface area (Å²) in [6.45, 7) is 1.18. The molecule has 4 N–H and O–H groups in total. The number of carbonyl (C=O) groups excluding carboxylic acids is 1. The zero-order valence-corrected chi connectivity index (χ0v) is 15.2. The van der Waals surface area contributed by atoms with Crippen LogP contribution in [0.2, 0.25) is 0 Å². The fourth-order valence-electron chi connectivity index (χ4n) is 1.37. The van der Waals surface area contributed by atoms with Gasteiger partial charge < -0.3 is 0 Å². The standard InChI is InChI=1S/C8H10AsNO5.C4H2N2S2/c1-5(11)10-8-6(9(13,14)15)3-2-4-7(8)12;5-2-7-4-1-6-3-8-4/h2-4,12H,1H3,(H,10,11)(H2,13,14,15);1,3H. The van der Waals surface area contributed by atoms with Gasteiger partial charge in [0, 0.05) is 11.8 Å². The van der Waals surface area contributed by atoms with Crippen molar-refractivity contribution in [3.8, 4) is 11.2 Å². The van der Waals surface area contributed by atoms with Gasteiger partial charge >= 0.3 is 88.1 Å². The number of hydrogen-bond donors (Lipinski definition) is 4. The summed E-state index contributed by atoms with van der Waals surface area (Å²) < 4.78 is 29.7. The van der Waals surface area contributed by atoms with Crippen LogP contribution < -0.4 is 9.67 Å². The van der Waals surface area contributed by atoms with Gasteiger partial charge in [0.15, 0.2) is 0 Å². The first-order chi connectivity index (χ1) is 10.8. The fraction of sp³-hybridized carbons (Fsp3) is 0.0833. The number of phenolic OH excluding ortho intramolecular Hbond substituents is 1. The van der Waals surface area contributed by atoms with E-state index in [1.807, 2.05) is 5.40 Å². The van der Waals surface area contributed by atoms with Crippen molar-refractivity contribution in [2.24, 2.45) is 0 Å². The Labute approximate surface area is 142 Å². The topological polar surface area (TPSA) is 144 Å². The van der Waals surface area contributed by atoms with Gasteiger partial charge in [-0.25, -0.2) is 0 Å². The van der Waals surface area contributed by atoms with E-state index >= 15 is 0 Å². The van der Waals surface area contributed by atoms with E-state index in [0.29, 0.717) is 0 Å². The van der Waals surface area contributed by atoms with Crippen molar-refractivity contribution in [2.45, 2.75) is 11.1 Å². The summed E-state index contributed by atoms with van der Waals surface area (Å²) in [6, 6.07) is 3.71. The second kappa shape index (κ2) is 8.76. The number of phenols is 1. The predicted molar refractivity (Wildman–Crippen MR) is 86.5 cm³/mol. The molecule has 0 bridgehead atoms. The van der Waals surface area contributed by atoms with E-state index in [0.717, 1.165) is 16.0 Å². The molecule has 0 aliphatic rings. The third-order valence-electron chi connectivity index (χ3n) is 2.19. The number of rotatable bonds is 3. The van der Waals surface area contributed by atoms with Crippen molar-refractivity contribution in [3.63, 3.8) is 0 Å². The zero-order valence-electron chi connectivity index (χ0n) is 11.7. The van der Waals surface area contributed by atoms with Crippen LogP contribution in [0.1, 0.15) is 6.92 Å². The number of benzene rings is 1. The van der Waals surface area contributed by atoms with Crippen LogP contribution in [-0.2, 0) is 8.53 Å². The van der Waals surface area contributed by atoms with Gasteiger partial charge in [-0.05, 0) is 0 Å². The minimum Gasteiger partial charge on any atom is -0.252 e. The van der Waals surface area contributed by atoms with E-state index in [1.165, 1.54) is 36.5 Å². The van der Waals surface area contributed by atoms with E-state index < -0.39 is 20.1 Å². The molecule has 2 rings (SSSR count). The molecule has 122 valence electrons. The molecule has 1 heterocycles. The Hall–Kier alpha value is -1.76. The number of nitrogens with one attached hydrogen (secondary N) is 1. The van der Waals surface area contributed by atoms with Crippen molar-refractivity contribution in [1.82, 2.24) is 4.98 Å². The summed E-state index contributed by atoms with van der Waals surface area (Å²) in [4.78, 5) is 14.6. The largest absolute Gasteiger partial charge is 0.252 e. The summed E-state index contributed by atoms with van der Waals surface area (Å²) >= 11 is -2.52. The summed E-state index contributed by atoms with van der Waals surface area (Å²) in [6.07, 6.45) is 1.68. The molecule has 0 spiro atoms. The Morgan fingerprint density at radius 1 is 1.48 bits per heavy atom. The zero-order chi connectivity index (χ0) is 17.5. The Kier molecular flexibility index (Phi) is 7.35. The molecule has 23 heavy (non-hydrogen) atoms. The van der Waals surface area contributed by atoms with E-state index in [4.69, 9.17) is 13.5 Å². The summed E-state index contributed by atoms with van der Waals surface area (Å²) in [7, 11) is 0. The summed E-state index contributed by atoms with van der Waals surface area (Å²) in [5.74, 6) is -0.880. The monoisotopic (exact) mass is 417 g/mol. The minimum absolute atomic E-state index is 0.225. The average molecular weight is 417 g/mol. The maximum Gasteiger partial charge on any atom is 0.139 e. The quantitative estimate of drug-likeness (QED) is 0.246. The van der Waals surface area contributed by atoms with Gasteiger partial charge in [0.2, 0.25) is 0 Å². The van der Waals surface area contributed by atoms with Gasteiger partial charge in [0.25, 0.3) is 0 Å². The first-order valence-electron chi connectivity index (χ1n) is 5.85. The molecule has 0 radical (unpaired) electrons.